The lowest BCUT2D eigenvalue weighted by molar-refractivity contribution is -0.134. The minimum atomic E-state index is -0.141. The van der Waals surface area contributed by atoms with Gasteiger partial charge in [-0.15, -0.1) is 12.4 Å². The number of benzene rings is 1. The minimum Gasteiger partial charge on any atom is -0.356 e. The predicted octanol–water partition coefficient (Wildman–Crippen LogP) is 3.57. The molecule has 1 amide bonds. The van der Waals surface area contributed by atoms with E-state index in [9.17, 15) is 4.79 Å². The quantitative estimate of drug-likeness (QED) is 0.812. The summed E-state index contributed by atoms with van der Waals surface area (Å²) in [6.45, 7) is 3.11. The Kier molecular flexibility index (Phi) is 6.06. The highest BCUT2D eigenvalue weighted by molar-refractivity contribution is 5.85. The summed E-state index contributed by atoms with van der Waals surface area (Å²) in [5.41, 5.74) is 1.18. The third kappa shape index (κ3) is 3.88. The van der Waals surface area contributed by atoms with Crippen LogP contribution in [0.1, 0.15) is 44.1 Å². The van der Waals surface area contributed by atoms with E-state index in [2.05, 4.69) is 41.0 Å². The third-order valence-corrected chi connectivity index (χ3v) is 6.79. The van der Waals surface area contributed by atoms with Crippen molar-refractivity contribution < 1.29 is 4.79 Å². The molecule has 2 saturated carbocycles. The number of nitrogens with one attached hydrogen (secondary N) is 2. The van der Waals surface area contributed by atoms with Gasteiger partial charge in [0.15, 0.2) is 0 Å². The smallest absolute Gasteiger partial charge is 0.226 e. The average Bonchev–Trinajstić information content (AvgIpc) is 3.33. The largest absolute Gasteiger partial charge is 0.356 e. The van der Waals surface area contributed by atoms with Crippen LogP contribution >= 0.6 is 12.4 Å². The zero-order valence-corrected chi connectivity index (χ0v) is 15.8. The van der Waals surface area contributed by atoms with E-state index in [1.807, 2.05) is 0 Å². The first-order valence-electron chi connectivity index (χ1n) is 9.79. The molecule has 4 rings (SSSR count). The van der Waals surface area contributed by atoms with Crippen LogP contribution in [0.25, 0.3) is 0 Å². The molecule has 1 saturated heterocycles. The molecule has 25 heavy (non-hydrogen) atoms. The molecule has 3 fully saturated rings. The van der Waals surface area contributed by atoms with Gasteiger partial charge in [-0.3, -0.25) is 4.79 Å². The standard InChI is InChI=1S/C21H30N2O.ClH/c24-20(23-11-9-17-8-10-22-15-17)21(13-16-4-2-1-3-5-16)14-18-6-7-19(21)12-18;/h1-5,17-19,22H,6-15H2,(H,23,24);1H. The normalized spacial score (nSPS) is 33.2. The second-order valence-electron chi connectivity index (χ2n) is 8.30. The average molecular weight is 363 g/mol. The summed E-state index contributed by atoms with van der Waals surface area (Å²) in [7, 11) is 0. The highest BCUT2D eigenvalue weighted by Crippen LogP contribution is 2.57. The van der Waals surface area contributed by atoms with Gasteiger partial charge in [0.1, 0.15) is 0 Å². The van der Waals surface area contributed by atoms with Gasteiger partial charge in [0.25, 0.3) is 0 Å². The monoisotopic (exact) mass is 362 g/mol. The Balaban J connectivity index is 0.00000182. The van der Waals surface area contributed by atoms with Crippen molar-refractivity contribution >= 4 is 18.3 Å². The third-order valence-electron chi connectivity index (χ3n) is 6.79. The fourth-order valence-corrected chi connectivity index (χ4v) is 5.51. The molecule has 2 aliphatic carbocycles. The van der Waals surface area contributed by atoms with Crippen LogP contribution in [-0.2, 0) is 11.2 Å². The first kappa shape index (κ1) is 18.7. The maximum Gasteiger partial charge on any atom is 0.226 e. The fourth-order valence-electron chi connectivity index (χ4n) is 5.51. The Morgan fingerprint density at radius 1 is 1.20 bits per heavy atom. The maximum atomic E-state index is 13.2. The van der Waals surface area contributed by atoms with Gasteiger partial charge in [-0.2, -0.15) is 0 Å². The maximum absolute atomic E-state index is 13.2. The van der Waals surface area contributed by atoms with Crippen molar-refractivity contribution in [2.24, 2.45) is 23.2 Å². The summed E-state index contributed by atoms with van der Waals surface area (Å²) in [4.78, 5) is 13.2. The van der Waals surface area contributed by atoms with E-state index in [0.29, 0.717) is 11.8 Å². The Morgan fingerprint density at radius 2 is 2.04 bits per heavy atom. The van der Waals surface area contributed by atoms with E-state index in [1.54, 1.807) is 0 Å². The number of fused-ring (bicyclic) bond motifs is 2. The summed E-state index contributed by atoms with van der Waals surface area (Å²) in [6.07, 6.45) is 8.26. The topological polar surface area (TPSA) is 41.1 Å². The highest BCUT2D eigenvalue weighted by Gasteiger charge is 2.55. The van der Waals surface area contributed by atoms with Crippen LogP contribution in [0.4, 0.5) is 0 Å². The van der Waals surface area contributed by atoms with Crippen LogP contribution in [0, 0.1) is 23.2 Å². The van der Waals surface area contributed by atoms with Gasteiger partial charge >= 0.3 is 0 Å². The molecule has 1 aromatic rings. The Labute approximate surface area is 157 Å². The zero-order valence-electron chi connectivity index (χ0n) is 15.0. The predicted molar refractivity (Wildman–Crippen MR) is 104 cm³/mol. The lowest BCUT2D eigenvalue weighted by atomic mass is 9.68. The molecular weight excluding hydrogens is 332 g/mol. The van der Waals surface area contributed by atoms with Crippen molar-refractivity contribution in [1.29, 1.82) is 0 Å². The number of carbonyl (C=O) groups excluding carboxylic acids is 1. The molecule has 4 atom stereocenters. The van der Waals surface area contributed by atoms with Gasteiger partial charge in [-0.1, -0.05) is 36.8 Å². The molecule has 2 bridgehead atoms. The number of amides is 1. The van der Waals surface area contributed by atoms with Crippen molar-refractivity contribution in [3.05, 3.63) is 35.9 Å². The van der Waals surface area contributed by atoms with E-state index in [0.717, 1.165) is 50.7 Å². The number of rotatable bonds is 6. The van der Waals surface area contributed by atoms with E-state index in [-0.39, 0.29) is 17.8 Å². The van der Waals surface area contributed by atoms with E-state index in [4.69, 9.17) is 0 Å². The molecule has 2 N–H and O–H groups in total. The summed E-state index contributed by atoms with van der Waals surface area (Å²) in [6, 6.07) is 10.6. The molecule has 3 aliphatic rings. The molecule has 1 heterocycles. The Hall–Kier alpha value is -1.06. The van der Waals surface area contributed by atoms with E-state index >= 15 is 0 Å². The lowest BCUT2D eigenvalue weighted by Gasteiger charge is -2.36. The van der Waals surface area contributed by atoms with Crippen molar-refractivity contribution in [1.82, 2.24) is 10.6 Å². The van der Waals surface area contributed by atoms with Crippen molar-refractivity contribution in [2.75, 3.05) is 19.6 Å². The second kappa shape index (κ2) is 8.09. The lowest BCUT2D eigenvalue weighted by Crippen LogP contribution is -2.46. The second-order valence-corrected chi connectivity index (χ2v) is 8.30. The van der Waals surface area contributed by atoms with Crippen molar-refractivity contribution in [3.63, 3.8) is 0 Å². The molecule has 3 nitrogen and oxygen atoms in total. The van der Waals surface area contributed by atoms with Gasteiger partial charge in [0.05, 0.1) is 5.41 Å². The molecule has 0 aromatic heterocycles. The molecular formula is C21H31ClN2O. The first-order chi connectivity index (χ1) is 11.8. The van der Waals surface area contributed by atoms with Crippen molar-refractivity contribution in [2.45, 2.75) is 44.9 Å². The molecule has 0 radical (unpaired) electrons. The summed E-state index contributed by atoms with van der Waals surface area (Å²) < 4.78 is 0. The van der Waals surface area contributed by atoms with Gasteiger partial charge in [0.2, 0.25) is 5.91 Å². The summed E-state index contributed by atoms with van der Waals surface area (Å²) >= 11 is 0. The molecule has 1 aliphatic heterocycles. The fraction of sp³-hybridized carbons (Fsp3) is 0.667. The number of carbonyl (C=O) groups is 1. The van der Waals surface area contributed by atoms with Gasteiger partial charge in [-0.25, -0.2) is 0 Å². The van der Waals surface area contributed by atoms with Crippen LogP contribution in [0.2, 0.25) is 0 Å². The van der Waals surface area contributed by atoms with E-state index in [1.165, 1.54) is 31.2 Å². The molecule has 0 spiro atoms. The molecule has 4 unspecified atom stereocenters. The zero-order chi connectivity index (χ0) is 16.4. The number of halogens is 1. The van der Waals surface area contributed by atoms with Crippen molar-refractivity contribution in [3.8, 4) is 0 Å². The minimum absolute atomic E-state index is 0. The molecule has 1 aromatic carbocycles. The highest BCUT2D eigenvalue weighted by atomic mass is 35.5. The Morgan fingerprint density at radius 3 is 2.68 bits per heavy atom. The summed E-state index contributed by atoms with van der Waals surface area (Å²) in [5, 5.41) is 6.75. The molecule has 138 valence electrons. The van der Waals surface area contributed by atoms with Crippen LogP contribution in [0.3, 0.4) is 0 Å². The molecule has 4 heteroatoms. The van der Waals surface area contributed by atoms with Gasteiger partial charge in [0, 0.05) is 6.54 Å². The van der Waals surface area contributed by atoms with Crippen LogP contribution in [0.15, 0.2) is 30.3 Å². The summed E-state index contributed by atoms with van der Waals surface area (Å²) in [5.74, 6) is 2.46. The SMILES string of the molecule is Cl.O=C(NCCC1CCNC1)C1(Cc2ccccc2)CC2CCC1C2. The Bertz CT molecular complexity index is 573. The number of hydrogen-bond acceptors (Lipinski definition) is 2. The number of hydrogen-bond donors (Lipinski definition) is 2. The van der Waals surface area contributed by atoms with Crippen LogP contribution in [-0.4, -0.2) is 25.5 Å². The first-order valence-corrected chi connectivity index (χ1v) is 9.79. The van der Waals surface area contributed by atoms with E-state index < -0.39 is 0 Å². The van der Waals surface area contributed by atoms with Crippen LogP contribution in [0.5, 0.6) is 0 Å². The van der Waals surface area contributed by atoms with Gasteiger partial charge < -0.3 is 10.6 Å². The van der Waals surface area contributed by atoms with Crippen LogP contribution < -0.4 is 10.6 Å². The van der Waals surface area contributed by atoms with Gasteiger partial charge in [-0.05, 0) is 74.9 Å².